The smallest absolute Gasteiger partial charge is 0.306 e. The van der Waals surface area contributed by atoms with Crippen LogP contribution in [0.3, 0.4) is 0 Å². The second kappa shape index (κ2) is 7.06. The van der Waals surface area contributed by atoms with Crippen molar-refractivity contribution in [1.82, 2.24) is 4.90 Å². The van der Waals surface area contributed by atoms with Crippen LogP contribution in [0.5, 0.6) is 0 Å². The molecule has 0 aromatic heterocycles. The van der Waals surface area contributed by atoms with Crippen LogP contribution in [0.4, 0.5) is 8.78 Å². The van der Waals surface area contributed by atoms with Crippen molar-refractivity contribution < 1.29 is 18.3 Å². The van der Waals surface area contributed by atoms with Crippen LogP contribution >= 0.6 is 0 Å². The molecule has 0 aliphatic carbocycles. The van der Waals surface area contributed by atoms with E-state index in [4.69, 9.17) is 0 Å². The highest BCUT2D eigenvalue weighted by molar-refractivity contribution is 5.69. The molecule has 3 nitrogen and oxygen atoms in total. The number of ether oxygens (including phenoxy) is 1. The number of hydrogen-bond acceptors (Lipinski definition) is 3. The Bertz CT molecular complexity index is 410. The number of benzene rings is 1. The molecule has 0 aliphatic rings. The fourth-order valence-electron chi connectivity index (χ4n) is 1.51. The molecule has 0 aliphatic heterocycles. The van der Waals surface area contributed by atoms with E-state index in [0.717, 1.165) is 11.6 Å². The Morgan fingerprint density at radius 3 is 2.61 bits per heavy atom. The first-order chi connectivity index (χ1) is 8.52. The van der Waals surface area contributed by atoms with E-state index in [0.29, 0.717) is 25.9 Å². The van der Waals surface area contributed by atoms with Crippen molar-refractivity contribution in [3.05, 3.63) is 35.4 Å². The van der Waals surface area contributed by atoms with Gasteiger partial charge in [-0.05, 0) is 31.2 Å². The van der Waals surface area contributed by atoms with E-state index in [1.165, 1.54) is 13.2 Å². The van der Waals surface area contributed by atoms with Crippen LogP contribution in [0.1, 0.15) is 12.0 Å². The van der Waals surface area contributed by atoms with Crippen molar-refractivity contribution in [2.75, 3.05) is 27.2 Å². The Hall–Kier alpha value is -1.49. The lowest BCUT2D eigenvalue weighted by Crippen LogP contribution is -2.24. The van der Waals surface area contributed by atoms with Gasteiger partial charge in [0, 0.05) is 13.1 Å². The standard InChI is InChI=1S/C13H17F2NO2/c1-16(8-6-13(17)18-2)7-5-10-3-4-11(14)12(15)9-10/h3-4,9H,5-8H2,1-2H3. The lowest BCUT2D eigenvalue weighted by Gasteiger charge is -2.15. The summed E-state index contributed by atoms with van der Waals surface area (Å²) in [5.41, 5.74) is 0.735. The minimum Gasteiger partial charge on any atom is -0.469 e. The monoisotopic (exact) mass is 257 g/mol. The second-order valence-corrected chi connectivity index (χ2v) is 4.13. The molecular weight excluding hydrogens is 240 g/mol. The van der Waals surface area contributed by atoms with Gasteiger partial charge in [0.2, 0.25) is 0 Å². The third-order valence-electron chi connectivity index (χ3n) is 2.69. The third kappa shape index (κ3) is 4.79. The summed E-state index contributed by atoms with van der Waals surface area (Å²) in [5, 5.41) is 0. The molecule has 0 N–H and O–H groups in total. The average molecular weight is 257 g/mol. The lowest BCUT2D eigenvalue weighted by molar-refractivity contribution is -0.140. The molecule has 0 spiro atoms. The van der Waals surface area contributed by atoms with Gasteiger partial charge in [-0.25, -0.2) is 8.78 Å². The normalized spacial score (nSPS) is 10.7. The molecule has 1 aromatic carbocycles. The van der Waals surface area contributed by atoms with Gasteiger partial charge in [-0.2, -0.15) is 0 Å². The first-order valence-electron chi connectivity index (χ1n) is 5.72. The Morgan fingerprint density at radius 2 is 2.00 bits per heavy atom. The zero-order chi connectivity index (χ0) is 13.5. The van der Waals surface area contributed by atoms with Crippen LogP contribution < -0.4 is 0 Å². The predicted octanol–water partition coefficient (Wildman–Crippen LogP) is 2.00. The van der Waals surface area contributed by atoms with E-state index in [1.54, 1.807) is 6.07 Å². The summed E-state index contributed by atoms with van der Waals surface area (Å²) in [6, 6.07) is 3.88. The number of nitrogens with zero attached hydrogens (tertiary/aromatic N) is 1. The van der Waals surface area contributed by atoms with Gasteiger partial charge in [0.25, 0.3) is 0 Å². The number of carbonyl (C=O) groups is 1. The number of carbonyl (C=O) groups excluding carboxylic acids is 1. The number of halogens is 2. The van der Waals surface area contributed by atoms with Crippen LogP contribution in [-0.4, -0.2) is 38.1 Å². The van der Waals surface area contributed by atoms with Gasteiger partial charge in [-0.3, -0.25) is 4.79 Å². The Balaban J connectivity index is 2.35. The molecule has 1 aromatic rings. The summed E-state index contributed by atoms with van der Waals surface area (Å²) in [6.07, 6.45) is 0.930. The molecule has 0 amide bonds. The molecule has 0 unspecified atom stereocenters. The van der Waals surface area contributed by atoms with E-state index in [2.05, 4.69) is 4.74 Å². The summed E-state index contributed by atoms with van der Waals surface area (Å²) in [6.45, 7) is 1.25. The van der Waals surface area contributed by atoms with Crippen molar-refractivity contribution in [3.63, 3.8) is 0 Å². The van der Waals surface area contributed by atoms with Gasteiger partial charge in [-0.1, -0.05) is 6.07 Å². The highest BCUT2D eigenvalue weighted by atomic mass is 19.2. The molecule has 1 rings (SSSR count). The summed E-state index contributed by atoms with van der Waals surface area (Å²) in [5.74, 6) is -1.92. The number of esters is 1. The third-order valence-corrected chi connectivity index (χ3v) is 2.69. The molecule has 0 radical (unpaired) electrons. The second-order valence-electron chi connectivity index (χ2n) is 4.13. The topological polar surface area (TPSA) is 29.5 Å². The molecule has 0 heterocycles. The summed E-state index contributed by atoms with van der Waals surface area (Å²) in [7, 11) is 3.21. The van der Waals surface area contributed by atoms with E-state index in [9.17, 15) is 13.6 Å². The van der Waals surface area contributed by atoms with Crippen LogP contribution in [0.2, 0.25) is 0 Å². The molecule has 0 fully saturated rings. The van der Waals surface area contributed by atoms with Crippen LogP contribution in [0.15, 0.2) is 18.2 Å². The van der Waals surface area contributed by atoms with Crippen LogP contribution in [0.25, 0.3) is 0 Å². The molecular formula is C13H17F2NO2. The molecule has 0 bridgehead atoms. The van der Waals surface area contributed by atoms with Crippen LogP contribution in [-0.2, 0) is 16.0 Å². The summed E-state index contributed by atoms with van der Waals surface area (Å²) < 4.78 is 30.2. The van der Waals surface area contributed by atoms with Gasteiger partial charge in [0.1, 0.15) is 0 Å². The van der Waals surface area contributed by atoms with Gasteiger partial charge in [-0.15, -0.1) is 0 Å². The molecule has 18 heavy (non-hydrogen) atoms. The largest absolute Gasteiger partial charge is 0.469 e. The van der Waals surface area contributed by atoms with E-state index < -0.39 is 11.6 Å². The van der Waals surface area contributed by atoms with E-state index in [-0.39, 0.29) is 5.97 Å². The SMILES string of the molecule is COC(=O)CCN(C)CCc1ccc(F)c(F)c1. The molecule has 100 valence electrons. The zero-order valence-electron chi connectivity index (χ0n) is 10.6. The van der Waals surface area contributed by atoms with Gasteiger partial charge < -0.3 is 9.64 Å². The zero-order valence-corrected chi connectivity index (χ0v) is 10.6. The number of hydrogen-bond donors (Lipinski definition) is 0. The lowest BCUT2D eigenvalue weighted by atomic mass is 10.1. The van der Waals surface area contributed by atoms with Gasteiger partial charge in [0.15, 0.2) is 11.6 Å². The van der Waals surface area contributed by atoms with E-state index >= 15 is 0 Å². The minimum atomic E-state index is -0.835. The fourth-order valence-corrected chi connectivity index (χ4v) is 1.51. The maximum Gasteiger partial charge on any atom is 0.306 e. The molecule has 0 saturated carbocycles. The first-order valence-corrected chi connectivity index (χ1v) is 5.72. The molecule has 0 saturated heterocycles. The fraction of sp³-hybridized carbons (Fsp3) is 0.462. The minimum absolute atomic E-state index is 0.255. The number of likely N-dealkylation sites (N-methyl/N-ethyl adjacent to an activating group) is 1. The average Bonchev–Trinajstić information content (AvgIpc) is 2.37. The van der Waals surface area contributed by atoms with Crippen molar-refractivity contribution in [2.45, 2.75) is 12.8 Å². The number of methoxy groups -OCH3 is 1. The molecule has 0 atom stereocenters. The Labute approximate surface area is 105 Å². The van der Waals surface area contributed by atoms with Crippen LogP contribution in [0, 0.1) is 11.6 Å². The van der Waals surface area contributed by atoms with E-state index in [1.807, 2.05) is 11.9 Å². The van der Waals surface area contributed by atoms with Crippen molar-refractivity contribution in [3.8, 4) is 0 Å². The van der Waals surface area contributed by atoms with Crippen molar-refractivity contribution in [1.29, 1.82) is 0 Å². The maximum atomic E-state index is 13.0. The van der Waals surface area contributed by atoms with Gasteiger partial charge in [0.05, 0.1) is 13.5 Å². The van der Waals surface area contributed by atoms with Gasteiger partial charge >= 0.3 is 5.97 Å². The summed E-state index contributed by atoms with van der Waals surface area (Å²) in [4.78, 5) is 12.9. The van der Waals surface area contributed by atoms with Crippen molar-refractivity contribution >= 4 is 5.97 Å². The first kappa shape index (κ1) is 14.6. The molecule has 5 heteroatoms. The Morgan fingerprint density at radius 1 is 1.28 bits per heavy atom. The summed E-state index contributed by atoms with van der Waals surface area (Å²) >= 11 is 0. The maximum absolute atomic E-state index is 13.0. The quantitative estimate of drug-likeness (QED) is 0.730. The predicted molar refractivity (Wildman–Crippen MR) is 64.2 cm³/mol. The van der Waals surface area contributed by atoms with Crippen molar-refractivity contribution in [2.24, 2.45) is 0 Å². The highest BCUT2D eigenvalue weighted by Crippen LogP contribution is 2.09. The highest BCUT2D eigenvalue weighted by Gasteiger charge is 2.06. The Kier molecular flexibility index (Phi) is 5.71. The number of rotatable bonds is 6.